The van der Waals surface area contributed by atoms with Gasteiger partial charge >= 0.3 is 23.9 Å². The number of aliphatic carboxylic acids is 4. The molecule has 1 aromatic rings. The van der Waals surface area contributed by atoms with Crippen molar-refractivity contribution in [3.05, 3.63) is 18.2 Å². The van der Waals surface area contributed by atoms with Gasteiger partial charge in [0, 0.05) is 37.7 Å². The van der Waals surface area contributed by atoms with E-state index in [2.05, 4.69) is 106 Å². The molecule has 2 rings (SSSR count). The second-order valence-corrected chi connectivity index (χ2v) is 35.6. The molecule has 0 spiro atoms. The molecule has 0 aliphatic carbocycles. The van der Waals surface area contributed by atoms with Crippen molar-refractivity contribution in [3.8, 4) is 0 Å². The number of imidazole rings is 1. The number of carbonyl (C=O) groups excluding carboxylic acids is 21. The molecular formula is C85H139N25O29S. The van der Waals surface area contributed by atoms with Gasteiger partial charge in [-0.1, -0.05) is 68.2 Å². The molecule has 0 bridgehead atoms. The van der Waals surface area contributed by atoms with Gasteiger partial charge < -0.3 is 149 Å². The van der Waals surface area contributed by atoms with E-state index >= 15 is 0 Å². The smallest absolute Gasteiger partial charge is 0.322 e. The van der Waals surface area contributed by atoms with Crippen molar-refractivity contribution in [1.29, 1.82) is 0 Å². The summed E-state index contributed by atoms with van der Waals surface area (Å²) in [6.45, 7) is 15.1. The molecule has 1 aliphatic rings. The highest BCUT2D eigenvalue weighted by atomic mass is 32.2. The Morgan fingerprint density at radius 3 is 1.27 bits per heavy atom. The number of hydrogen-bond donors (Lipinski definition) is 27. The van der Waals surface area contributed by atoms with Crippen LogP contribution in [0.15, 0.2) is 12.5 Å². The van der Waals surface area contributed by atoms with Crippen molar-refractivity contribution in [1.82, 2.24) is 111 Å². The van der Waals surface area contributed by atoms with Gasteiger partial charge in [0.2, 0.25) is 124 Å². The maximum atomic E-state index is 14.5. The van der Waals surface area contributed by atoms with Gasteiger partial charge in [0.05, 0.1) is 44.7 Å². The fourth-order valence-electron chi connectivity index (χ4n) is 13.7. The molecule has 31 N–H and O–H groups in total. The van der Waals surface area contributed by atoms with E-state index in [0.29, 0.717) is 12.8 Å². The number of amides is 21. The van der Waals surface area contributed by atoms with Gasteiger partial charge in [0.15, 0.2) is 0 Å². The number of nitrogens with two attached hydrogens (primary N) is 4. The molecule has 0 unspecified atom stereocenters. The number of carboxylic acid groups (broad SMARTS) is 4. The van der Waals surface area contributed by atoms with Gasteiger partial charge in [0.25, 0.3) is 0 Å². The molecule has 784 valence electrons. The van der Waals surface area contributed by atoms with Crippen LogP contribution in [0.4, 0.5) is 0 Å². The van der Waals surface area contributed by atoms with E-state index in [0.717, 1.165) is 4.90 Å². The Balaban J connectivity index is 2.31. The zero-order valence-corrected chi connectivity index (χ0v) is 81.5. The van der Waals surface area contributed by atoms with E-state index in [-0.39, 0.29) is 81.8 Å². The molecule has 1 aromatic heterocycles. The summed E-state index contributed by atoms with van der Waals surface area (Å²) in [4.78, 5) is 342. The molecule has 1 aliphatic heterocycles. The van der Waals surface area contributed by atoms with Crippen molar-refractivity contribution in [2.45, 2.75) is 295 Å². The number of unbranched alkanes of at least 4 members (excludes halogenated alkanes) is 1. The average Bonchev–Trinajstić information content (AvgIpc) is 1.64. The minimum Gasteiger partial charge on any atom is -0.481 e. The number of thioether (sulfide) groups is 1. The largest absolute Gasteiger partial charge is 0.481 e. The van der Waals surface area contributed by atoms with E-state index in [4.69, 9.17) is 28.0 Å². The number of primary amides is 2. The van der Waals surface area contributed by atoms with Crippen LogP contribution in [0.3, 0.4) is 0 Å². The molecule has 1 saturated heterocycles. The molecule has 55 heteroatoms. The van der Waals surface area contributed by atoms with Gasteiger partial charge in [-0.15, -0.1) is 0 Å². The molecule has 2 heterocycles. The van der Waals surface area contributed by atoms with Crippen LogP contribution in [0.1, 0.15) is 192 Å². The first-order valence-electron chi connectivity index (χ1n) is 45.6. The fraction of sp³-hybridized carbons (Fsp3) is 0.671. The van der Waals surface area contributed by atoms with E-state index in [1.807, 2.05) is 0 Å². The Hall–Kier alpha value is -13.8. The summed E-state index contributed by atoms with van der Waals surface area (Å²) < 4.78 is 0. The number of nitrogens with one attached hydrogen (secondary N) is 19. The average molecular weight is 2010 g/mol. The number of likely N-dealkylation sites (tertiary alicyclic amines) is 1. The first kappa shape index (κ1) is 122. The van der Waals surface area contributed by atoms with Gasteiger partial charge in [-0.3, -0.25) is 120 Å². The normalized spacial score (nSPS) is 16.0. The number of aromatic amines is 1. The van der Waals surface area contributed by atoms with Crippen LogP contribution in [0.5, 0.6) is 0 Å². The number of rotatable bonds is 66. The molecule has 1 fully saturated rings. The summed E-state index contributed by atoms with van der Waals surface area (Å²) in [5, 5.41) is 81.4. The predicted octanol–water partition coefficient (Wildman–Crippen LogP) is -9.31. The Morgan fingerprint density at radius 1 is 0.429 bits per heavy atom. The maximum absolute atomic E-state index is 14.5. The molecule has 54 nitrogen and oxygen atoms in total. The monoisotopic (exact) mass is 2010 g/mol. The summed E-state index contributed by atoms with van der Waals surface area (Å²) in [6, 6.07) is -26.2. The van der Waals surface area contributed by atoms with Crippen LogP contribution in [0.2, 0.25) is 0 Å². The minimum atomic E-state index is -2.00. The predicted molar refractivity (Wildman–Crippen MR) is 496 cm³/mol. The highest BCUT2D eigenvalue weighted by Crippen LogP contribution is 2.22. The van der Waals surface area contributed by atoms with Crippen LogP contribution < -0.4 is 119 Å². The Bertz CT molecular complexity index is 4500. The molecule has 0 radical (unpaired) electrons. The third-order valence-electron chi connectivity index (χ3n) is 22.1. The lowest BCUT2D eigenvalue weighted by Gasteiger charge is -2.31. The standard InChI is InChI=1S/C85H139N25O29S/c1-14-41(7)67(83(137)102-51(25-28-140-13)76(130)103-55(32-63(117)118)78(132)97-45(11)70(124)99-48(19-16-17-26-86)73(127)93-37-65(121)122)109-84(138)68(42(8)15-2)108-80(134)54(31-62(115)116)98-60(113)35-91-74(128)49(21-23-58(88)111)100-71(125)46(12)96-77(131)52(29-39(3)4)105-82(136)66(40(5)6)107-61(114)36-92-75(129)50(22-24-59(89)112)101-79(133)53(30-47-34-90-38-94-47)104-81(135)57-20-18-27-110(57)85(139)56(33-64(119)120)106-72(126)44(10)95-69(123)43(9)87/h34,38-46,48-57,66-68H,14-33,35-37,86-87H2,1-13H3,(H2,88,111)(H2,89,112)(H,90,94)(H,91,128)(H,92,129)(H,93,127)(H,95,123)(H,96,131)(H,97,132)(H,98,113)(H,99,124)(H,100,125)(H,101,133)(H,102,137)(H,103,130)(H,104,135)(H,105,136)(H,106,126)(H,107,114)(H,108,134)(H,109,138)(H,115,116)(H,117,118)(H,119,120)(H,121,122)/t41-,42-,43-,44-,45-,46-,48-,49-,50-,51-,52-,53-,54-,55-,56-,57-,66-,67-,68-/m0/s1. The van der Waals surface area contributed by atoms with E-state index in [9.17, 15) is 135 Å². The summed E-state index contributed by atoms with van der Waals surface area (Å²) in [5.74, 6) is -30.0. The van der Waals surface area contributed by atoms with Crippen molar-refractivity contribution in [3.63, 3.8) is 0 Å². The SMILES string of the molecule is CC[C@H](C)[C@H](NC(=O)[C@H](CC(=O)O)NC(=O)CNC(=O)[C@H](CCC(N)=O)NC(=O)[C@H](C)NC(=O)[C@H](CC(C)C)NC(=O)[C@@H](NC(=O)CNC(=O)[C@H](CCC(N)=O)NC(=O)[C@H](Cc1cnc[nH]1)NC(=O)[C@@H]1CCCN1C(=O)[C@H](CC(=O)O)NC(=O)[C@H](C)NC(=O)[C@H](C)N)C(C)C)C(=O)N[C@H](C(=O)N[C@@H](CCSC)C(=O)N[C@@H](CC(=O)O)C(=O)N[C@@H](C)C(=O)N[C@@H](CCCCN)C(=O)NCC(=O)O)[C@@H](C)CC. The van der Waals surface area contributed by atoms with Crippen LogP contribution in [0, 0.1) is 23.7 Å². The number of carbonyl (C=O) groups is 25. The van der Waals surface area contributed by atoms with Gasteiger partial charge in [-0.05, 0) is 128 Å². The van der Waals surface area contributed by atoms with Gasteiger partial charge in [0.1, 0.15) is 103 Å². The van der Waals surface area contributed by atoms with Crippen molar-refractivity contribution in [2.24, 2.45) is 46.6 Å². The highest BCUT2D eigenvalue weighted by Gasteiger charge is 2.44. The van der Waals surface area contributed by atoms with Crippen LogP contribution >= 0.6 is 11.8 Å². The number of H-pyrrole nitrogens is 1. The Morgan fingerprint density at radius 2 is 0.821 bits per heavy atom. The minimum absolute atomic E-state index is 0.0102. The Kier molecular flexibility index (Phi) is 54.4. The first-order chi connectivity index (χ1) is 65.6. The Labute approximate surface area is 811 Å². The topological polar surface area (TPSA) is 860 Å². The van der Waals surface area contributed by atoms with Crippen LogP contribution in [-0.2, 0) is 126 Å². The van der Waals surface area contributed by atoms with Crippen LogP contribution in [0.25, 0.3) is 0 Å². The number of aromatic nitrogens is 2. The molecule has 19 atom stereocenters. The molecule has 0 aromatic carbocycles. The number of carboxylic acids is 4. The lowest BCUT2D eigenvalue weighted by Crippen LogP contribution is -2.62. The zero-order chi connectivity index (χ0) is 106. The maximum Gasteiger partial charge on any atom is 0.322 e. The highest BCUT2D eigenvalue weighted by molar-refractivity contribution is 7.98. The van der Waals surface area contributed by atoms with Crippen molar-refractivity contribution in [2.75, 3.05) is 44.7 Å². The summed E-state index contributed by atoms with van der Waals surface area (Å²) in [7, 11) is 0. The summed E-state index contributed by atoms with van der Waals surface area (Å²) in [6.07, 6.45) is -0.319. The second kappa shape index (κ2) is 62.2. The van der Waals surface area contributed by atoms with Crippen molar-refractivity contribution >= 4 is 160 Å². The molecular weight excluding hydrogens is 1870 g/mol. The number of nitrogens with zero attached hydrogens (tertiary/aromatic N) is 2. The van der Waals surface area contributed by atoms with Gasteiger partial charge in [-0.2, -0.15) is 11.8 Å². The third-order valence-corrected chi connectivity index (χ3v) is 22.7. The zero-order valence-electron chi connectivity index (χ0n) is 80.6. The van der Waals surface area contributed by atoms with Gasteiger partial charge in [-0.25, -0.2) is 4.98 Å². The lowest BCUT2D eigenvalue weighted by molar-refractivity contribution is -0.146. The second-order valence-electron chi connectivity index (χ2n) is 34.6. The van der Waals surface area contributed by atoms with E-state index < -0.39 is 333 Å². The molecule has 140 heavy (non-hydrogen) atoms. The lowest BCUT2D eigenvalue weighted by atomic mass is 9.94. The van der Waals surface area contributed by atoms with E-state index in [1.54, 1.807) is 40.9 Å². The van der Waals surface area contributed by atoms with Crippen LogP contribution in [-0.4, -0.2) is 331 Å². The molecule has 0 saturated carbocycles. The molecule has 21 amide bonds. The first-order valence-corrected chi connectivity index (χ1v) is 47.0. The summed E-state index contributed by atoms with van der Waals surface area (Å²) >= 11 is 1.22. The third kappa shape index (κ3) is 44.8. The fourth-order valence-corrected chi connectivity index (χ4v) is 14.2. The summed E-state index contributed by atoms with van der Waals surface area (Å²) in [5.41, 5.74) is 22.3. The quantitative estimate of drug-likeness (QED) is 0.0269. The van der Waals surface area contributed by atoms with Crippen molar-refractivity contribution < 1.29 is 140 Å². The van der Waals surface area contributed by atoms with E-state index in [1.165, 1.54) is 72.8 Å². The number of hydrogen-bond acceptors (Lipinski definition) is 29.